The number of nitrogens with zero attached hydrogens (tertiary/aromatic N) is 3. The van der Waals surface area contributed by atoms with E-state index in [0.717, 1.165) is 39.3 Å². The molecule has 62 heavy (non-hydrogen) atoms. The van der Waals surface area contributed by atoms with Crippen molar-refractivity contribution in [2.45, 2.75) is 0 Å². The summed E-state index contributed by atoms with van der Waals surface area (Å²) in [6.45, 7) is 0. The molecule has 0 bridgehead atoms. The van der Waals surface area contributed by atoms with E-state index in [1.54, 1.807) is 0 Å². The molecule has 0 aliphatic carbocycles. The fourth-order valence-corrected chi connectivity index (χ4v) is 9.31. The van der Waals surface area contributed by atoms with E-state index in [-0.39, 0.29) is 0 Å². The highest BCUT2D eigenvalue weighted by atomic mass is 15.0. The predicted molar refractivity (Wildman–Crippen MR) is 260 cm³/mol. The van der Waals surface area contributed by atoms with E-state index in [4.69, 9.17) is 4.98 Å². The monoisotopic (exact) mass is 789 g/mol. The zero-order valence-electron chi connectivity index (χ0n) is 33.9. The zero-order chi connectivity index (χ0) is 41.0. The number of benzene rings is 9. The van der Waals surface area contributed by atoms with E-state index in [9.17, 15) is 0 Å². The molecule has 0 fully saturated rings. The van der Waals surface area contributed by atoms with Gasteiger partial charge in [0.05, 0.1) is 33.5 Å². The third-order valence-corrected chi connectivity index (χ3v) is 12.3. The van der Waals surface area contributed by atoms with Crippen LogP contribution in [0.25, 0.3) is 111 Å². The number of para-hydroxylation sites is 3. The molecule has 0 unspecified atom stereocenters. The van der Waals surface area contributed by atoms with E-state index in [2.05, 4.69) is 234 Å². The van der Waals surface area contributed by atoms with Gasteiger partial charge in [-0.2, -0.15) is 0 Å². The fraction of sp³-hybridized carbons (Fsp3) is 0. The number of fused-ring (bicyclic) bond motifs is 6. The maximum atomic E-state index is 5.10. The SMILES string of the molecule is c1ccc(-c2cc(-c3ccc(-n4c5ccccc5c5cc(-c6ccc(-c7ccc8c(c7)c7ccccc7n8-c7ccccc7)cc6)ccc54)cc3)cc(-c3ccccc3)n2)cc1. The molecule has 0 saturated heterocycles. The standard InChI is InChI=1S/C59H39N3/c1-4-14-43(15-5-1)54-38-47(39-55(60-54)44-16-6-2-7-17-44)42-28-32-49(33-29-42)62-57-23-13-11-21-51(57)53-37-46(31-35-59(53)62)41-26-24-40(25-27-41)45-30-34-58-52(36-45)50-20-10-12-22-56(50)61(58)48-18-8-3-9-19-48/h1-39H. The lowest BCUT2D eigenvalue weighted by molar-refractivity contribution is 1.18. The Balaban J connectivity index is 0.886. The van der Waals surface area contributed by atoms with Gasteiger partial charge in [-0.3, -0.25) is 0 Å². The van der Waals surface area contributed by atoms with Crippen LogP contribution in [0, 0.1) is 0 Å². The van der Waals surface area contributed by atoms with Crippen LogP contribution in [-0.4, -0.2) is 14.1 Å². The molecule has 0 radical (unpaired) electrons. The molecule has 290 valence electrons. The van der Waals surface area contributed by atoms with Gasteiger partial charge < -0.3 is 9.13 Å². The van der Waals surface area contributed by atoms with Crippen molar-refractivity contribution in [1.82, 2.24) is 14.1 Å². The van der Waals surface area contributed by atoms with Crippen molar-refractivity contribution < 1.29 is 0 Å². The van der Waals surface area contributed by atoms with Gasteiger partial charge in [-0.1, -0.05) is 164 Å². The summed E-state index contributed by atoms with van der Waals surface area (Å²) in [6.07, 6.45) is 0. The molecule has 9 aromatic carbocycles. The Morgan fingerprint density at radius 1 is 0.226 bits per heavy atom. The van der Waals surface area contributed by atoms with Crippen molar-refractivity contribution in [2.75, 3.05) is 0 Å². The fourth-order valence-electron chi connectivity index (χ4n) is 9.31. The minimum absolute atomic E-state index is 0.962. The van der Waals surface area contributed by atoms with Crippen molar-refractivity contribution in [3.8, 4) is 67.3 Å². The third kappa shape index (κ3) is 6.10. The Bertz CT molecular complexity index is 3520. The van der Waals surface area contributed by atoms with Crippen LogP contribution in [0.5, 0.6) is 0 Å². The highest BCUT2D eigenvalue weighted by molar-refractivity contribution is 6.11. The van der Waals surface area contributed by atoms with Gasteiger partial charge in [0.15, 0.2) is 0 Å². The van der Waals surface area contributed by atoms with Crippen LogP contribution in [0.1, 0.15) is 0 Å². The number of hydrogen-bond acceptors (Lipinski definition) is 1. The molecule has 0 saturated carbocycles. The first-order valence-corrected chi connectivity index (χ1v) is 21.2. The lowest BCUT2D eigenvalue weighted by atomic mass is 9.98. The molecule has 3 nitrogen and oxygen atoms in total. The summed E-state index contributed by atoms with van der Waals surface area (Å²) >= 11 is 0. The van der Waals surface area contributed by atoms with Crippen LogP contribution in [0.2, 0.25) is 0 Å². The highest BCUT2D eigenvalue weighted by Gasteiger charge is 2.16. The lowest BCUT2D eigenvalue weighted by Crippen LogP contribution is -1.94. The van der Waals surface area contributed by atoms with Gasteiger partial charge in [0, 0.05) is 44.0 Å². The van der Waals surface area contributed by atoms with Crippen LogP contribution in [0.15, 0.2) is 237 Å². The zero-order valence-corrected chi connectivity index (χ0v) is 33.9. The van der Waals surface area contributed by atoms with E-state index in [1.165, 1.54) is 71.6 Å². The van der Waals surface area contributed by atoms with E-state index in [1.807, 2.05) is 12.1 Å². The van der Waals surface area contributed by atoms with Gasteiger partial charge in [-0.05, 0) is 106 Å². The quantitative estimate of drug-likeness (QED) is 0.158. The smallest absolute Gasteiger partial charge is 0.0715 e. The molecular weight excluding hydrogens is 751 g/mol. The average molecular weight is 790 g/mol. The van der Waals surface area contributed by atoms with E-state index in [0.29, 0.717) is 0 Å². The molecule has 3 heterocycles. The molecule has 3 heteroatoms. The Morgan fingerprint density at radius 2 is 0.581 bits per heavy atom. The van der Waals surface area contributed by atoms with Crippen molar-refractivity contribution >= 4 is 43.6 Å². The molecule has 0 amide bonds. The highest BCUT2D eigenvalue weighted by Crippen LogP contribution is 2.38. The topological polar surface area (TPSA) is 22.8 Å². The third-order valence-electron chi connectivity index (χ3n) is 12.3. The van der Waals surface area contributed by atoms with Crippen molar-refractivity contribution in [1.29, 1.82) is 0 Å². The van der Waals surface area contributed by atoms with Gasteiger partial charge in [-0.15, -0.1) is 0 Å². The van der Waals surface area contributed by atoms with E-state index >= 15 is 0 Å². The second kappa shape index (κ2) is 14.8. The predicted octanol–water partition coefficient (Wildman–Crippen LogP) is 15.6. The van der Waals surface area contributed by atoms with Crippen molar-refractivity contribution in [2.24, 2.45) is 0 Å². The van der Waals surface area contributed by atoms with Gasteiger partial charge in [0.1, 0.15) is 0 Å². The normalized spacial score (nSPS) is 11.5. The molecule has 12 aromatic rings. The van der Waals surface area contributed by atoms with Crippen LogP contribution in [0.4, 0.5) is 0 Å². The Kier molecular flexibility index (Phi) is 8.50. The first-order valence-electron chi connectivity index (χ1n) is 21.2. The maximum absolute atomic E-state index is 5.10. The van der Waals surface area contributed by atoms with Crippen molar-refractivity contribution in [3.63, 3.8) is 0 Å². The van der Waals surface area contributed by atoms with Crippen LogP contribution in [-0.2, 0) is 0 Å². The number of hydrogen-bond donors (Lipinski definition) is 0. The minimum atomic E-state index is 0.962. The van der Waals surface area contributed by atoms with Gasteiger partial charge in [0.25, 0.3) is 0 Å². The van der Waals surface area contributed by atoms with Crippen LogP contribution in [0.3, 0.4) is 0 Å². The summed E-state index contributed by atoms with van der Waals surface area (Å²) in [6, 6.07) is 85.2. The maximum Gasteiger partial charge on any atom is 0.0715 e. The summed E-state index contributed by atoms with van der Waals surface area (Å²) in [5.41, 5.74) is 18.3. The van der Waals surface area contributed by atoms with Crippen molar-refractivity contribution in [3.05, 3.63) is 237 Å². The van der Waals surface area contributed by atoms with Gasteiger partial charge in [0.2, 0.25) is 0 Å². The number of aromatic nitrogens is 3. The number of rotatable bonds is 7. The van der Waals surface area contributed by atoms with Gasteiger partial charge >= 0.3 is 0 Å². The largest absolute Gasteiger partial charge is 0.309 e. The first kappa shape index (κ1) is 35.7. The summed E-state index contributed by atoms with van der Waals surface area (Å²) in [5.74, 6) is 0. The molecule has 0 spiro atoms. The Morgan fingerprint density at radius 3 is 1.06 bits per heavy atom. The molecule has 0 aliphatic rings. The number of pyridine rings is 1. The lowest BCUT2D eigenvalue weighted by Gasteiger charge is -2.12. The average Bonchev–Trinajstić information content (AvgIpc) is 3.87. The Hall–Kier alpha value is -8.27. The summed E-state index contributed by atoms with van der Waals surface area (Å²) in [4.78, 5) is 5.10. The molecule has 0 N–H and O–H groups in total. The summed E-state index contributed by atoms with van der Waals surface area (Å²) < 4.78 is 4.76. The van der Waals surface area contributed by atoms with Crippen LogP contribution >= 0.6 is 0 Å². The molecule has 0 aliphatic heterocycles. The van der Waals surface area contributed by atoms with Gasteiger partial charge in [-0.25, -0.2) is 4.98 Å². The first-order chi connectivity index (χ1) is 30.7. The molecule has 3 aromatic heterocycles. The summed E-state index contributed by atoms with van der Waals surface area (Å²) in [5, 5.41) is 4.99. The molecular formula is C59H39N3. The Labute approximate surface area is 360 Å². The molecule has 12 rings (SSSR count). The van der Waals surface area contributed by atoms with Crippen LogP contribution < -0.4 is 0 Å². The second-order valence-corrected chi connectivity index (χ2v) is 16.0. The minimum Gasteiger partial charge on any atom is -0.309 e. The molecule has 0 atom stereocenters. The second-order valence-electron chi connectivity index (χ2n) is 16.0. The summed E-state index contributed by atoms with van der Waals surface area (Å²) in [7, 11) is 0. The van der Waals surface area contributed by atoms with E-state index < -0.39 is 0 Å².